The van der Waals surface area contributed by atoms with Crippen molar-refractivity contribution in [3.8, 4) is 11.5 Å². The van der Waals surface area contributed by atoms with Crippen LogP contribution in [0.15, 0.2) is 28.7 Å². The van der Waals surface area contributed by atoms with Gasteiger partial charge < -0.3 is 4.42 Å². The second-order valence-electron chi connectivity index (χ2n) is 7.73. The fraction of sp³-hybridized carbons (Fsp3) is 0.500. The number of rotatable bonds is 6. The number of carbonyl (C=O) groups excluding carboxylic acids is 2. The molecule has 0 spiro atoms. The topological polar surface area (TPSA) is 114 Å². The smallest absolute Gasteiger partial charge is 0.247 e. The number of hydrogen-bond donors (Lipinski definition) is 0. The Morgan fingerprint density at radius 1 is 1.03 bits per heavy atom. The summed E-state index contributed by atoms with van der Waals surface area (Å²) in [7, 11) is -3.59. The van der Waals surface area contributed by atoms with Gasteiger partial charge in [-0.1, -0.05) is 0 Å². The number of likely N-dealkylation sites (tertiary alicyclic amines) is 1. The normalized spacial score (nSPS) is 19.2. The van der Waals surface area contributed by atoms with Crippen molar-refractivity contribution in [2.75, 3.05) is 25.4 Å². The van der Waals surface area contributed by atoms with E-state index in [0.29, 0.717) is 49.7 Å². The molecule has 9 nitrogen and oxygen atoms in total. The van der Waals surface area contributed by atoms with Crippen LogP contribution >= 0.6 is 0 Å². The largest absolute Gasteiger partial charge is 0.420 e. The third kappa shape index (κ3) is 4.82. The molecule has 0 radical (unpaired) electrons. The van der Waals surface area contributed by atoms with Gasteiger partial charge in [-0.05, 0) is 43.5 Å². The molecule has 166 valence electrons. The molecule has 31 heavy (non-hydrogen) atoms. The first-order valence-corrected chi connectivity index (χ1v) is 11.8. The molecule has 2 aliphatic rings. The average molecular weight is 450 g/mol. The highest BCUT2D eigenvalue weighted by Gasteiger charge is 2.33. The Hall–Kier alpha value is -2.66. The molecule has 3 heterocycles. The number of imide groups is 1. The maximum absolute atomic E-state index is 13.1. The lowest BCUT2D eigenvalue weighted by Crippen LogP contribution is -2.46. The molecule has 0 bridgehead atoms. The summed E-state index contributed by atoms with van der Waals surface area (Å²) in [5.74, 6) is -0.590. The van der Waals surface area contributed by atoms with Crippen LogP contribution in [-0.2, 0) is 19.6 Å². The van der Waals surface area contributed by atoms with E-state index >= 15 is 0 Å². The van der Waals surface area contributed by atoms with Crippen LogP contribution in [0.4, 0.5) is 4.39 Å². The molecule has 1 aromatic heterocycles. The first-order chi connectivity index (χ1) is 14.8. The highest BCUT2D eigenvalue weighted by Crippen LogP contribution is 2.30. The van der Waals surface area contributed by atoms with Gasteiger partial charge in [0, 0.05) is 44.0 Å². The number of hydrogen-bond acceptors (Lipinski definition) is 7. The number of halogens is 1. The molecule has 4 rings (SSSR count). The molecule has 0 atom stereocenters. The predicted octanol–water partition coefficient (Wildman–Crippen LogP) is 1.92. The summed E-state index contributed by atoms with van der Waals surface area (Å²) in [6.07, 6.45) is 2.12. The van der Waals surface area contributed by atoms with Crippen molar-refractivity contribution in [3.05, 3.63) is 36.0 Å². The predicted molar refractivity (Wildman–Crippen MR) is 108 cm³/mol. The maximum atomic E-state index is 13.1. The Morgan fingerprint density at radius 3 is 2.32 bits per heavy atom. The van der Waals surface area contributed by atoms with Gasteiger partial charge in [0.25, 0.3) is 0 Å². The summed E-state index contributed by atoms with van der Waals surface area (Å²) in [5.41, 5.74) is 0.613. The van der Waals surface area contributed by atoms with E-state index in [1.54, 1.807) is 12.1 Å². The highest BCUT2D eigenvalue weighted by molar-refractivity contribution is 7.89. The summed E-state index contributed by atoms with van der Waals surface area (Å²) in [4.78, 5) is 24.8. The molecule has 2 aliphatic heterocycles. The minimum Gasteiger partial charge on any atom is -0.420 e. The Morgan fingerprint density at radius 2 is 1.68 bits per heavy atom. The van der Waals surface area contributed by atoms with Gasteiger partial charge in [0.1, 0.15) is 5.82 Å². The molecule has 2 saturated heterocycles. The van der Waals surface area contributed by atoms with E-state index in [1.807, 2.05) is 0 Å². The zero-order valence-electron chi connectivity index (χ0n) is 16.9. The zero-order valence-corrected chi connectivity index (χ0v) is 17.7. The minimum absolute atomic E-state index is 0.0709. The number of sulfonamides is 1. The standard InChI is InChI=1S/C20H23FN4O5S/c21-16-6-4-14(5-7-16)19-22-23-20(30-19)15-8-10-24(11-9-15)31(28,29)13-12-25-17(26)2-1-3-18(25)27/h4-7,15H,1-3,8-13H2. The Labute approximate surface area is 179 Å². The Kier molecular flexibility index (Phi) is 6.15. The van der Waals surface area contributed by atoms with E-state index in [9.17, 15) is 22.4 Å². The third-order valence-corrected chi connectivity index (χ3v) is 7.54. The van der Waals surface area contributed by atoms with Crippen molar-refractivity contribution in [1.82, 2.24) is 19.4 Å². The zero-order chi connectivity index (χ0) is 22.0. The van der Waals surface area contributed by atoms with Crippen molar-refractivity contribution in [2.24, 2.45) is 0 Å². The van der Waals surface area contributed by atoms with E-state index in [2.05, 4.69) is 10.2 Å². The van der Waals surface area contributed by atoms with Gasteiger partial charge in [0.05, 0.1) is 5.75 Å². The van der Waals surface area contributed by atoms with E-state index in [0.717, 1.165) is 4.90 Å². The Bertz CT molecular complexity index is 1050. The molecule has 2 fully saturated rings. The molecule has 1 aromatic carbocycles. The van der Waals surface area contributed by atoms with Crippen LogP contribution in [0.5, 0.6) is 0 Å². The van der Waals surface area contributed by atoms with Crippen molar-refractivity contribution in [1.29, 1.82) is 0 Å². The second-order valence-corrected chi connectivity index (χ2v) is 9.82. The molecular weight excluding hydrogens is 427 g/mol. The Balaban J connectivity index is 1.33. The first kappa shape index (κ1) is 21.6. The van der Waals surface area contributed by atoms with Crippen LogP contribution in [0, 0.1) is 5.82 Å². The fourth-order valence-electron chi connectivity index (χ4n) is 3.87. The van der Waals surface area contributed by atoms with Crippen LogP contribution < -0.4 is 0 Å². The maximum Gasteiger partial charge on any atom is 0.247 e. The number of benzene rings is 1. The van der Waals surface area contributed by atoms with E-state index < -0.39 is 10.0 Å². The molecule has 0 N–H and O–H groups in total. The van der Waals surface area contributed by atoms with Crippen LogP contribution in [0.2, 0.25) is 0 Å². The van der Waals surface area contributed by atoms with Crippen molar-refractivity contribution in [2.45, 2.75) is 38.0 Å². The lowest BCUT2D eigenvalue weighted by molar-refractivity contribution is -0.147. The SMILES string of the molecule is O=C1CCCC(=O)N1CCS(=O)(=O)N1CCC(c2nnc(-c3ccc(F)cc3)o2)CC1. The van der Waals surface area contributed by atoms with Gasteiger partial charge in [-0.3, -0.25) is 14.5 Å². The van der Waals surface area contributed by atoms with Gasteiger partial charge in [0.15, 0.2) is 0 Å². The lowest BCUT2D eigenvalue weighted by atomic mass is 9.98. The number of amides is 2. The van der Waals surface area contributed by atoms with Gasteiger partial charge in [0.2, 0.25) is 33.6 Å². The molecule has 0 unspecified atom stereocenters. The van der Waals surface area contributed by atoms with Gasteiger partial charge in [-0.25, -0.2) is 17.1 Å². The van der Waals surface area contributed by atoms with Crippen LogP contribution in [0.25, 0.3) is 11.5 Å². The average Bonchev–Trinajstić information content (AvgIpc) is 3.24. The van der Waals surface area contributed by atoms with Crippen molar-refractivity contribution < 1.29 is 26.8 Å². The highest BCUT2D eigenvalue weighted by atomic mass is 32.2. The third-order valence-electron chi connectivity index (χ3n) is 5.68. The van der Waals surface area contributed by atoms with E-state index in [-0.39, 0.29) is 48.7 Å². The summed E-state index contributed by atoms with van der Waals surface area (Å²) < 4.78 is 45.6. The van der Waals surface area contributed by atoms with Gasteiger partial charge >= 0.3 is 0 Å². The van der Waals surface area contributed by atoms with Gasteiger partial charge in [-0.15, -0.1) is 10.2 Å². The van der Waals surface area contributed by atoms with Crippen LogP contribution in [-0.4, -0.2) is 65.0 Å². The summed E-state index contributed by atoms with van der Waals surface area (Å²) in [6, 6.07) is 5.74. The summed E-state index contributed by atoms with van der Waals surface area (Å²) in [6.45, 7) is 0.483. The fourth-order valence-corrected chi connectivity index (χ4v) is 5.31. The number of aromatic nitrogens is 2. The molecule has 0 saturated carbocycles. The lowest BCUT2D eigenvalue weighted by Gasteiger charge is -2.31. The van der Waals surface area contributed by atoms with Crippen LogP contribution in [0.1, 0.15) is 43.9 Å². The molecule has 2 amide bonds. The number of piperidine rings is 2. The molecule has 11 heteroatoms. The van der Waals surface area contributed by atoms with Crippen LogP contribution in [0.3, 0.4) is 0 Å². The minimum atomic E-state index is -3.59. The quantitative estimate of drug-likeness (QED) is 0.618. The molecule has 2 aromatic rings. The van der Waals surface area contributed by atoms with Crippen molar-refractivity contribution >= 4 is 21.8 Å². The summed E-state index contributed by atoms with van der Waals surface area (Å²) in [5, 5.41) is 8.09. The van der Waals surface area contributed by atoms with Gasteiger partial charge in [-0.2, -0.15) is 0 Å². The monoisotopic (exact) mass is 450 g/mol. The molecular formula is C20H23FN4O5S. The van der Waals surface area contributed by atoms with Crippen molar-refractivity contribution in [3.63, 3.8) is 0 Å². The summed E-state index contributed by atoms with van der Waals surface area (Å²) >= 11 is 0. The van der Waals surface area contributed by atoms with E-state index in [1.165, 1.54) is 16.4 Å². The second kappa shape index (κ2) is 8.83. The van der Waals surface area contributed by atoms with E-state index in [4.69, 9.17) is 4.42 Å². The molecule has 0 aliphatic carbocycles. The number of nitrogens with zero attached hydrogens (tertiary/aromatic N) is 4. The first-order valence-electron chi connectivity index (χ1n) is 10.2. The number of carbonyl (C=O) groups is 2.